The normalized spacial score (nSPS) is 11.2. The number of thioether (sulfide) groups is 1. The quantitative estimate of drug-likeness (QED) is 0.253. The number of amides is 1. The lowest BCUT2D eigenvalue weighted by molar-refractivity contribution is -0.113. The Bertz CT molecular complexity index is 1640. The van der Waals surface area contributed by atoms with Crippen LogP contribution in [0.2, 0.25) is 0 Å². The van der Waals surface area contributed by atoms with Gasteiger partial charge < -0.3 is 14.5 Å². The van der Waals surface area contributed by atoms with Crippen molar-refractivity contribution >= 4 is 45.4 Å². The number of aryl methyl sites for hydroxylation is 2. The first-order valence-corrected chi connectivity index (χ1v) is 12.0. The first-order valence-electron chi connectivity index (χ1n) is 11.0. The second-order valence-electron chi connectivity index (χ2n) is 8.12. The van der Waals surface area contributed by atoms with E-state index in [-0.39, 0.29) is 22.8 Å². The van der Waals surface area contributed by atoms with E-state index >= 15 is 0 Å². The molecule has 0 radical (unpaired) electrons. The number of anilines is 1. The highest BCUT2D eigenvalue weighted by molar-refractivity contribution is 7.99. The lowest BCUT2D eigenvalue weighted by atomic mass is 10.1. The third-order valence-electron chi connectivity index (χ3n) is 5.83. The molecule has 5 rings (SSSR count). The number of aromatic nitrogens is 2. The molecule has 2 heterocycles. The molecule has 176 valence electrons. The van der Waals surface area contributed by atoms with Crippen molar-refractivity contribution in [3.8, 4) is 11.4 Å². The maximum atomic E-state index is 13.6. The van der Waals surface area contributed by atoms with Crippen LogP contribution in [0.5, 0.6) is 5.75 Å². The molecule has 0 aliphatic carbocycles. The number of ether oxygens (including phenoxy) is 1. The van der Waals surface area contributed by atoms with Crippen LogP contribution in [0.3, 0.4) is 0 Å². The minimum absolute atomic E-state index is 0.0522. The van der Waals surface area contributed by atoms with Crippen LogP contribution in [-0.2, 0) is 4.79 Å². The monoisotopic (exact) mass is 485 g/mol. The third-order valence-corrected chi connectivity index (χ3v) is 6.77. The van der Waals surface area contributed by atoms with Gasteiger partial charge in [0.05, 0.1) is 24.2 Å². The van der Waals surface area contributed by atoms with Crippen molar-refractivity contribution in [1.29, 1.82) is 0 Å². The van der Waals surface area contributed by atoms with Crippen molar-refractivity contribution in [2.45, 2.75) is 19.0 Å². The molecule has 0 atom stereocenters. The topological polar surface area (TPSA) is 86.4 Å². The number of carbonyl (C=O) groups is 1. The zero-order valence-corrected chi connectivity index (χ0v) is 20.3. The number of nitrogens with one attached hydrogen (secondary N) is 1. The summed E-state index contributed by atoms with van der Waals surface area (Å²) in [7, 11) is 1.55. The second-order valence-corrected chi connectivity index (χ2v) is 9.06. The van der Waals surface area contributed by atoms with Gasteiger partial charge in [-0.2, -0.15) is 0 Å². The minimum atomic E-state index is -0.318. The van der Waals surface area contributed by atoms with E-state index in [9.17, 15) is 9.59 Å². The number of hydrogen-bond donors (Lipinski definition) is 1. The lowest BCUT2D eigenvalue weighted by Gasteiger charge is -2.13. The average molecular weight is 486 g/mol. The molecule has 0 fully saturated rings. The Hall–Kier alpha value is -4.04. The molecule has 0 bridgehead atoms. The predicted molar refractivity (Wildman–Crippen MR) is 139 cm³/mol. The summed E-state index contributed by atoms with van der Waals surface area (Å²) in [5.41, 5.74) is 4.35. The van der Waals surface area contributed by atoms with E-state index in [2.05, 4.69) is 5.32 Å². The standard InChI is InChI=1S/C27H23N3O4S/c1-16-12-13-18(14-17(16)2)30-26(32)25-24(19-8-4-6-10-21(19)34-25)29-27(30)35-15-23(31)28-20-9-5-7-11-22(20)33-3/h4-14H,15H2,1-3H3,(H,28,31). The maximum Gasteiger partial charge on any atom is 0.302 e. The second kappa shape index (κ2) is 9.31. The van der Waals surface area contributed by atoms with E-state index in [1.807, 2.05) is 68.4 Å². The van der Waals surface area contributed by atoms with Crippen LogP contribution in [0.15, 0.2) is 81.1 Å². The fourth-order valence-electron chi connectivity index (χ4n) is 3.88. The van der Waals surface area contributed by atoms with Crippen LogP contribution in [0.4, 0.5) is 5.69 Å². The zero-order valence-electron chi connectivity index (χ0n) is 19.5. The van der Waals surface area contributed by atoms with Gasteiger partial charge in [-0.1, -0.05) is 42.1 Å². The molecular formula is C27H23N3O4S. The summed E-state index contributed by atoms with van der Waals surface area (Å²) in [5, 5.41) is 4.03. The molecular weight excluding hydrogens is 462 g/mol. The maximum absolute atomic E-state index is 13.6. The Morgan fingerprint density at radius 1 is 1.06 bits per heavy atom. The van der Waals surface area contributed by atoms with E-state index in [0.29, 0.717) is 33.4 Å². The SMILES string of the molecule is COc1ccccc1NC(=O)CSc1nc2c(oc3ccccc32)c(=O)n1-c1ccc(C)c(C)c1. The number of hydrogen-bond acceptors (Lipinski definition) is 6. The molecule has 0 saturated carbocycles. The summed E-state index contributed by atoms with van der Waals surface area (Å²) in [6.07, 6.45) is 0. The molecule has 1 amide bonds. The van der Waals surface area contributed by atoms with Crippen LogP contribution in [-0.4, -0.2) is 28.3 Å². The Kier molecular flexibility index (Phi) is 6.05. The fraction of sp³-hybridized carbons (Fsp3) is 0.148. The van der Waals surface area contributed by atoms with Crippen LogP contribution >= 0.6 is 11.8 Å². The summed E-state index contributed by atoms with van der Waals surface area (Å²) in [6.45, 7) is 4.00. The third kappa shape index (κ3) is 4.28. The Morgan fingerprint density at radius 3 is 2.63 bits per heavy atom. The van der Waals surface area contributed by atoms with E-state index in [1.54, 1.807) is 19.2 Å². The number of carbonyl (C=O) groups excluding carboxylic acids is 1. The van der Waals surface area contributed by atoms with Crippen molar-refractivity contribution in [2.75, 3.05) is 18.2 Å². The first kappa shape index (κ1) is 22.7. The van der Waals surface area contributed by atoms with Gasteiger partial charge in [-0.25, -0.2) is 4.98 Å². The molecule has 0 aliphatic heterocycles. The number of nitrogens with zero attached hydrogens (tertiary/aromatic N) is 2. The van der Waals surface area contributed by atoms with Crippen LogP contribution < -0.4 is 15.6 Å². The number of rotatable bonds is 6. The van der Waals surface area contributed by atoms with Gasteiger partial charge in [-0.3, -0.25) is 14.2 Å². The molecule has 5 aromatic rings. The van der Waals surface area contributed by atoms with Gasteiger partial charge in [0.1, 0.15) is 16.8 Å². The van der Waals surface area contributed by atoms with Crippen molar-refractivity contribution < 1.29 is 13.9 Å². The van der Waals surface area contributed by atoms with Gasteiger partial charge in [-0.15, -0.1) is 0 Å². The summed E-state index contributed by atoms with van der Waals surface area (Å²) in [5.74, 6) is 0.385. The molecule has 0 aliphatic rings. The van der Waals surface area contributed by atoms with E-state index in [0.717, 1.165) is 16.5 Å². The number of fused-ring (bicyclic) bond motifs is 3. The minimum Gasteiger partial charge on any atom is -0.495 e. The fourth-order valence-corrected chi connectivity index (χ4v) is 4.68. The van der Waals surface area contributed by atoms with Crippen LogP contribution in [0.1, 0.15) is 11.1 Å². The number of furan rings is 1. The summed E-state index contributed by atoms with van der Waals surface area (Å²) in [6, 6.07) is 20.4. The highest BCUT2D eigenvalue weighted by atomic mass is 32.2. The molecule has 7 nitrogen and oxygen atoms in total. The van der Waals surface area contributed by atoms with Crippen molar-refractivity contribution in [2.24, 2.45) is 0 Å². The molecule has 1 N–H and O–H groups in total. The number of para-hydroxylation sites is 3. The lowest BCUT2D eigenvalue weighted by Crippen LogP contribution is -2.22. The molecule has 35 heavy (non-hydrogen) atoms. The summed E-state index contributed by atoms with van der Waals surface area (Å²) < 4.78 is 12.7. The van der Waals surface area contributed by atoms with Crippen molar-refractivity contribution in [3.05, 3.63) is 88.2 Å². The number of benzene rings is 3. The highest BCUT2D eigenvalue weighted by Gasteiger charge is 2.20. The predicted octanol–water partition coefficient (Wildman–Crippen LogP) is 5.49. The Morgan fingerprint density at radius 2 is 1.83 bits per heavy atom. The van der Waals surface area contributed by atoms with Gasteiger partial charge in [0, 0.05) is 5.39 Å². The molecule has 0 spiro atoms. The van der Waals surface area contributed by atoms with Crippen LogP contribution in [0.25, 0.3) is 27.8 Å². The molecule has 0 unspecified atom stereocenters. The van der Waals surface area contributed by atoms with E-state index < -0.39 is 0 Å². The van der Waals surface area contributed by atoms with E-state index in [4.69, 9.17) is 14.1 Å². The molecule has 3 aromatic carbocycles. The van der Waals surface area contributed by atoms with E-state index in [1.165, 1.54) is 16.3 Å². The summed E-state index contributed by atoms with van der Waals surface area (Å²) >= 11 is 1.19. The van der Waals surface area contributed by atoms with Gasteiger partial charge in [0.2, 0.25) is 11.5 Å². The molecule has 8 heteroatoms. The highest BCUT2D eigenvalue weighted by Crippen LogP contribution is 2.29. The Labute approximate surface area is 205 Å². The first-order chi connectivity index (χ1) is 17.0. The van der Waals surface area contributed by atoms with Gasteiger partial charge >= 0.3 is 5.56 Å². The van der Waals surface area contributed by atoms with Gasteiger partial charge in [-0.05, 0) is 61.4 Å². The largest absolute Gasteiger partial charge is 0.495 e. The van der Waals surface area contributed by atoms with Crippen LogP contribution in [0, 0.1) is 13.8 Å². The number of methoxy groups -OCH3 is 1. The summed E-state index contributed by atoms with van der Waals surface area (Å²) in [4.78, 5) is 31.2. The smallest absolute Gasteiger partial charge is 0.302 e. The zero-order chi connectivity index (χ0) is 24.5. The van der Waals surface area contributed by atoms with Gasteiger partial charge in [0.25, 0.3) is 0 Å². The van der Waals surface area contributed by atoms with Gasteiger partial charge in [0.15, 0.2) is 5.16 Å². The molecule has 0 saturated heterocycles. The van der Waals surface area contributed by atoms with Crippen molar-refractivity contribution in [1.82, 2.24) is 9.55 Å². The molecule has 2 aromatic heterocycles. The van der Waals surface area contributed by atoms with Crippen molar-refractivity contribution in [3.63, 3.8) is 0 Å². The average Bonchev–Trinajstić information content (AvgIpc) is 3.24. The Balaban J connectivity index is 1.57.